The van der Waals surface area contributed by atoms with Gasteiger partial charge in [0, 0.05) is 29.4 Å². The zero-order chi connectivity index (χ0) is 23.8. The minimum Gasteiger partial charge on any atom is -0.497 e. The van der Waals surface area contributed by atoms with Gasteiger partial charge in [-0.25, -0.2) is 22.2 Å². The summed E-state index contributed by atoms with van der Waals surface area (Å²) < 4.78 is 67.9. The van der Waals surface area contributed by atoms with E-state index in [0.29, 0.717) is 11.0 Å². The van der Waals surface area contributed by atoms with E-state index >= 15 is 4.39 Å². The van der Waals surface area contributed by atoms with Gasteiger partial charge in [-0.05, 0) is 36.4 Å². The zero-order valence-corrected chi connectivity index (χ0v) is 18.2. The van der Waals surface area contributed by atoms with Gasteiger partial charge in [-0.15, -0.1) is 0 Å². The van der Waals surface area contributed by atoms with Gasteiger partial charge in [0.15, 0.2) is 5.82 Å². The van der Waals surface area contributed by atoms with Crippen molar-refractivity contribution in [1.82, 2.24) is 9.97 Å². The maximum Gasteiger partial charge on any atom is 0.265 e. The van der Waals surface area contributed by atoms with E-state index in [4.69, 9.17) is 9.47 Å². The number of methoxy groups -OCH3 is 2. The lowest BCUT2D eigenvalue weighted by Crippen LogP contribution is -2.17. The summed E-state index contributed by atoms with van der Waals surface area (Å²) in [6, 6.07) is 8.90. The van der Waals surface area contributed by atoms with Crippen molar-refractivity contribution in [2.24, 2.45) is 0 Å². The van der Waals surface area contributed by atoms with Gasteiger partial charge in [0.1, 0.15) is 27.9 Å². The molecule has 2 aromatic heterocycles. The molecule has 0 aliphatic carbocycles. The van der Waals surface area contributed by atoms with Crippen LogP contribution >= 0.6 is 0 Å². The number of ketones is 1. The van der Waals surface area contributed by atoms with Crippen LogP contribution in [0.1, 0.15) is 15.9 Å². The van der Waals surface area contributed by atoms with Crippen molar-refractivity contribution in [1.29, 1.82) is 0 Å². The average molecular weight is 473 g/mol. The van der Waals surface area contributed by atoms with Crippen LogP contribution in [0, 0.1) is 11.6 Å². The second-order valence-corrected chi connectivity index (χ2v) is 8.49. The molecule has 4 rings (SSSR count). The number of anilines is 1. The molecule has 0 aliphatic heterocycles. The number of pyridine rings is 1. The Bertz CT molecular complexity index is 1480. The molecule has 0 unspecified atom stereocenters. The van der Waals surface area contributed by atoms with Crippen molar-refractivity contribution in [3.8, 4) is 11.5 Å². The molecule has 0 fully saturated rings. The first-order chi connectivity index (χ1) is 15.8. The Labute approximate surface area is 187 Å². The molecule has 4 aromatic rings. The molecule has 170 valence electrons. The number of halogens is 2. The fraction of sp³-hybridized carbons (Fsp3) is 0.0909. The highest BCUT2D eigenvalue weighted by Gasteiger charge is 2.27. The Morgan fingerprint density at radius 2 is 1.88 bits per heavy atom. The maximum absolute atomic E-state index is 15.3. The molecular weight excluding hydrogens is 456 g/mol. The third-order valence-corrected chi connectivity index (χ3v) is 6.31. The number of carbonyl (C=O) groups excluding carboxylic acids is 1. The number of sulfonamides is 1. The number of nitrogens with zero attached hydrogens (tertiary/aromatic N) is 1. The van der Waals surface area contributed by atoms with Crippen molar-refractivity contribution >= 4 is 32.5 Å². The van der Waals surface area contributed by atoms with Gasteiger partial charge in [0.25, 0.3) is 10.0 Å². The highest BCUT2D eigenvalue weighted by atomic mass is 32.2. The Kier molecular flexibility index (Phi) is 5.73. The monoisotopic (exact) mass is 473 g/mol. The number of fused-ring (bicyclic) bond motifs is 1. The van der Waals surface area contributed by atoms with Gasteiger partial charge < -0.3 is 14.5 Å². The van der Waals surface area contributed by atoms with Gasteiger partial charge in [0.2, 0.25) is 5.78 Å². The number of carbonyl (C=O) groups is 1. The van der Waals surface area contributed by atoms with E-state index < -0.39 is 38.7 Å². The molecule has 0 bridgehead atoms. The van der Waals surface area contributed by atoms with Crippen LogP contribution in [0.15, 0.2) is 59.8 Å². The molecule has 2 N–H and O–H groups in total. The predicted molar refractivity (Wildman–Crippen MR) is 116 cm³/mol. The number of benzene rings is 2. The average Bonchev–Trinajstić information content (AvgIpc) is 3.24. The number of aromatic nitrogens is 2. The molecule has 2 heterocycles. The quantitative estimate of drug-likeness (QED) is 0.394. The van der Waals surface area contributed by atoms with Crippen molar-refractivity contribution in [2.75, 3.05) is 18.9 Å². The normalized spacial score (nSPS) is 11.4. The molecule has 0 saturated heterocycles. The summed E-state index contributed by atoms with van der Waals surface area (Å²) in [5.41, 5.74) is -1.16. The summed E-state index contributed by atoms with van der Waals surface area (Å²) in [6.45, 7) is 0. The Morgan fingerprint density at radius 1 is 1.09 bits per heavy atom. The van der Waals surface area contributed by atoms with Crippen LogP contribution in [0.2, 0.25) is 0 Å². The summed E-state index contributed by atoms with van der Waals surface area (Å²) in [4.78, 5) is 19.5. The standard InChI is InChI=1S/C22H17F2N3O5S/c1-31-12-5-8-17(32-2)18(10-12)33(29,30)27-16-7-6-15(23)19(20(16)24)21(28)14-11-26-22-13(14)4-3-9-25-22/h3-11,27H,1-2H3,(H,25,26). The molecule has 0 spiro atoms. The third kappa shape index (κ3) is 3.98. The van der Waals surface area contributed by atoms with Gasteiger partial charge in [-0.1, -0.05) is 0 Å². The number of H-pyrrole nitrogens is 1. The van der Waals surface area contributed by atoms with Crippen LogP contribution in [-0.4, -0.2) is 38.4 Å². The molecule has 33 heavy (non-hydrogen) atoms. The van der Waals surface area contributed by atoms with E-state index in [9.17, 15) is 17.6 Å². The number of aromatic amines is 1. The number of ether oxygens (including phenoxy) is 2. The fourth-order valence-electron chi connectivity index (χ4n) is 3.31. The first-order valence-corrected chi connectivity index (χ1v) is 10.9. The highest BCUT2D eigenvalue weighted by Crippen LogP contribution is 2.32. The second-order valence-electron chi connectivity index (χ2n) is 6.84. The predicted octanol–water partition coefficient (Wildman–Crippen LogP) is 3.89. The third-order valence-electron chi connectivity index (χ3n) is 4.92. The largest absolute Gasteiger partial charge is 0.497 e. The number of hydrogen-bond acceptors (Lipinski definition) is 6. The zero-order valence-electron chi connectivity index (χ0n) is 17.3. The van der Waals surface area contributed by atoms with Gasteiger partial charge >= 0.3 is 0 Å². The maximum atomic E-state index is 15.3. The molecule has 0 atom stereocenters. The topological polar surface area (TPSA) is 110 Å². The molecule has 11 heteroatoms. The highest BCUT2D eigenvalue weighted by molar-refractivity contribution is 7.92. The van der Waals surface area contributed by atoms with Gasteiger partial charge in [0.05, 0.1) is 25.5 Å². The summed E-state index contributed by atoms with van der Waals surface area (Å²) in [5.74, 6) is -3.27. The van der Waals surface area contributed by atoms with E-state index in [1.54, 1.807) is 12.1 Å². The van der Waals surface area contributed by atoms with E-state index in [-0.39, 0.29) is 22.0 Å². The number of nitrogens with one attached hydrogen (secondary N) is 2. The minimum atomic E-state index is -4.40. The Morgan fingerprint density at radius 3 is 2.61 bits per heavy atom. The van der Waals surface area contributed by atoms with E-state index in [2.05, 4.69) is 14.7 Å². The first-order valence-electron chi connectivity index (χ1n) is 9.46. The smallest absolute Gasteiger partial charge is 0.265 e. The SMILES string of the molecule is COc1ccc(OC)c(S(=O)(=O)Nc2ccc(F)c(C(=O)c3c[nH]c4ncccc34)c2F)c1. The van der Waals surface area contributed by atoms with Crippen LogP contribution in [0.4, 0.5) is 14.5 Å². The molecule has 0 amide bonds. The summed E-state index contributed by atoms with van der Waals surface area (Å²) >= 11 is 0. The molecule has 0 aliphatic rings. The molecule has 0 saturated carbocycles. The van der Waals surface area contributed by atoms with Gasteiger partial charge in [-0.3, -0.25) is 9.52 Å². The van der Waals surface area contributed by atoms with Crippen molar-refractivity contribution < 1.29 is 31.5 Å². The van der Waals surface area contributed by atoms with E-state index in [1.165, 1.54) is 44.8 Å². The Hall–Kier alpha value is -3.99. The van der Waals surface area contributed by atoms with Gasteiger partial charge in [-0.2, -0.15) is 0 Å². The van der Waals surface area contributed by atoms with E-state index in [0.717, 1.165) is 12.1 Å². The lowest BCUT2D eigenvalue weighted by atomic mass is 10.0. The van der Waals surface area contributed by atoms with Crippen molar-refractivity contribution in [3.63, 3.8) is 0 Å². The summed E-state index contributed by atoms with van der Waals surface area (Å²) in [6.07, 6.45) is 2.79. The second kappa shape index (κ2) is 8.51. The van der Waals surface area contributed by atoms with Crippen molar-refractivity contribution in [3.05, 3.63) is 77.6 Å². The van der Waals surface area contributed by atoms with Crippen LogP contribution in [0.3, 0.4) is 0 Å². The van der Waals surface area contributed by atoms with E-state index in [1.807, 2.05) is 0 Å². The lowest BCUT2D eigenvalue weighted by Gasteiger charge is -2.14. The molecular formula is C22H17F2N3O5S. The van der Waals surface area contributed by atoms with Crippen LogP contribution < -0.4 is 14.2 Å². The first kappa shape index (κ1) is 22.2. The van der Waals surface area contributed by atoms with Crippen LogP contribution in [-0.2, 0) is 10.0 Å². The molecule has 0 radical (unpaired) electrons. The van der Waals surface area contributed by atoms with Crippen LogP contribution in [0.25, 0.3) is 11.0 Å². The fourth-order valence-corrected chi connectivity index (χ4v) is 4.56. The number of rotatable bonds is 7. The molecule has 2 aromatic carbocycles. The number of hydrogen-bond donors (Lipinski definition) is 2. The Balaban J connectivity index is 1.77. The van der Waals surface area contributed by atoms with Crippen molar-refractivity contribution in [2.45, 2.75) is 4.90 Å². The summed E-state index contributed by atoms with van der Waals surface area (Å²) in [5, 5.41) is 0.369. The molecule has 8 nitrogen and oxygen atoms in total. The lowest BCUT2D eigenvalue weighted by molar-refractivity contribution is 0.103. The minimum absolute atomic E-state index is 0.00891. The summed E-state index contributed by atoms with van der Waals surface area (Å²) in [7, 11) is -1.78. The van der Waals surface area contributed by atoms with Crippen LogP contribution in [0.5, 0.6) is 11.5 Å².